The molecule has 5 fully saturated rings. The third kappa shape index (κ3) is 16.9. The summed E-state index contributed by atoms with van der Waals surface area (Å²) >= 11 is 12.1. The van der Waals surface area contributed by atoms with E-state index in [4.69, 9.17) is 23.2 Å². The van der Waals surface area contributed by atoms with Gasteiger partial charge in [-0.2, -0.15) is 0 Å². The lowest BCUT2D eigenvalue weighted by atomic mass is 9.72. The van der Waals surface area contributed by atoms with Crippen molar-refractivity contribution in [3.63, 3.8) is 0 Å². The molecular formula is C87H101Cl2F6N15O2. The Hall–Kier alpha value is -8.12. The molecule has 15 heterocycles. The zero-order chi connectivity index (χ0) is 77.5. The van der Waals surface area contributed by atoms with Gasteiger partial charge in [0, 0.05) is 97.8 Å². The molecule has 7 atom stereocenters. The first-order chi connectivity index (χ1) is 54.1. The first-order valence-corrected chi connectivity index (χ1v) is 41.6. The van der Waals surface area contributed by atoms with Crippen LogP contribution in [0.5, 0.6) is 0 Å². The van der Waals surface area contributed by atoms with Crippen LogP contribution in [-0.2, 0) is 0 Å². The zero-order valence-corrected chi connectivity index (χ0v) is 65.4. The lowest BCUT2D eigenvalue weighted by Crippen LogP contribution is -2.32. The third-order valence-electron chi connectivity index (χ3n) is 26.4. The number of nitrogens with zero attached hydrogens (tertiary/aromatic N) is 15. The van der Waals surface area contributed by atoms with Crippen molar-refractivity contribution in [2.24, 2.45) is 35.0 Å². The Morgan fingerprint density at radius 2 is 0.661 bits per heavy atom. The molecule has 10 aromatic heterocycles. The molecule has 25 heteroatoms. The standard InChI is InChI=1S/C19H25N3.2C17H18ClF2N3O.C17H19F2N3.C17H21N3/c1-19(2)9-7-14(8-10-19)5-6-16-18-15(4-3-11-21-18)17-12-20-13-22(16)17;2*18-15-2-1-11-13-8-21-9-23(13)12(16(11)22-15)7-14(24)10-3-5-17(19,20)6-4-10;18-17(19)7-5-12(6-8-17)3-4-14-16-13(2-1-9-21-16)15-10-20-11-22(14)15;1-2-5-13(6-3-1)8-9-15-17-14(7-4-10-19-17)16-11-18-12-20(15)16/h3-4,11-14,16H,5-10H2,1-2H3;2*1-2,8-10,12,14,24H,3-7H2;1-2,9-12,14H,3-8H2;4,7,10-13,15H,1-3,5-6,8-9H2. The average Bonchev–Trinajstić information content (AvgIpc) is 1.68. The van der Waals surface area contributed by atoms with Gasteiger partial charge in [0.1, 0.15) is 10.3 Å². The van der Waals surface area contributed by atoms with Crippen LogP contribution in [0.1, 0.15) is 259 Å². The second kappa shape index (κ2) is 33.0. The molecule has 112 heavy (non-hydrogen) atoms. The van der Waals surface area contributed by atoms with E-state index in [9.17, 15) is 36.6 Å². The number of imidazole rings is 5. The second-order valence-corrected chi connectivity index (χ2v) is 34.9. The Kier molecular flexibility index (Phi) is 22.9. The maximum atomic E-state index is 13.3. The van der Waals surface area contributed by atoms with Crippen LogP contribution in [0.3, 0.4) is 0 Å². The molecule has 2 N–H and O–H groups in total. The van der Waals surface area contributed by atoms with Gasteiger partial charge in [-0.1, -0.05) is 69.2 Å². The van der Waals surface area contributed by atoms with Gasteiger partial charge in [0.2, 0.25) is 17.8 Å². The topological polar surface area (TPSA) is 194 Å². The Morgan fingerprint density at radius 1 is 0.366 bits per heavy atom. The lowest BCUT2D eigenvalue weighted by molar-refractivity contribution is -0.0646. The SMILES string of the molecule is CC1(C)CCC(CCC2c3ncccc3-c3cncn32)CC1.FC1(F)CCC(CCC2c3ncccc3-c3cncn32)CC1.OC(CC1c2nc(Cl)ccc2-c2cncn21)C1CCC(F)(F)CC1.OC(CC1c2nc(Cl)ccc2-c2cncn21)C1CCC(F)(F)CC1.c1cnc2c(c1)-c1cncn1C2CCC1CCCCC1. The summed E-state index contributed by atoms with van der Waals surface area (Å²) in [5.74, 6) is -5.54. The number of fused-ring (bicyclic) bond motifs is 15. The molecule has 17 nitrogen and oxygen atoms in total. The molecule has 0 bridgehead atoms. The Labute approximate surface area is 661 Å². The van der Waals surface area contributed by atoms with Crippen LogP contribution >= 0.6 is 23.2 Å². The van der Waals surface area contributed by atoms with Crippen molar-refractivity contribution in [2.45, 2.75) is 260 Å². The van der Waals surface area contributed by atoms with E-state index in [2.05, 4.69) is 95.6 Å². The van der Waals surface area contributed by atoms with E-state index in [0.717, 1.165) is 75.5 Å². The number of aliphatic hydroxyl groups excluding tert-OH is 2. The Morgan fingerprint density at radius 3 is 1.00 bits per heavy atom. The molecule has 7 unspecified atom stereocenters. The number of alkyl halides is 6. The molecule has 592 valence electrons. The molecule has 0 radical (unpaired) electrons. The second-order valence-electron chi connectivity index (χ2n) is 34.1. The summed E-state index contributed by atoms with van der Waals surface area (Å²) in [7, 11) is 0. The maximum absolute atomic E-state index is 13.3. The van der Waals surface area contributed by atoms with Gasteiger partial charge in [0.05, 0.1) is 162 Å². The first-order valence-electron chi connectivity index (χ1n) is 40.9. The van der Waals surface area contributed by atoms with Crippen molar-refractivity contribution in [2.75, 3.05) is 0 Å². The smallest absolute Gasteiger partial charge is 0.248 e. The fraction of sp³-hybridized carbons (Fsp3) is 0.540. The van der Waals surface area contributed by atoms with E-state index >= 15 is 0 Å². The van der Waals surface area contributed by atoms with Crippen molar-refractivity contribution in [3.05, 3.63) is 181 Å². The zero-order valence-electron chi connectivity index (χ0n) is 63.8. The minimum absolute atomic E-state index is 0.0491. The highest BCUT2D eigenvalue weighted by molar-refractivity contribution is 6.29. The maximum Gasteiger partial charge on any atom is 0.248 e. The van der Waals surface area contributed by atoms with Gasteiger partial charge in [-0.3, -0.25) is 15.0 Å². The molecule has 5 saturated carbocycles. The normalized spacial score (nSPS) is 23.2. The van der Waals surface area contributed by atoms with Crippen molar-refractivity contribution in [1.29, 1.82) is 0 Å². The van der Waals surface area contributed by atoms with Crippen molar-refractivity contribution in [1.82, 2.24) is 72.7 Å². The minimum Gasteiger partial charge on any atom is -0.393 e. The molecular weight excluding hydrogens is 1470 g/mol. The number of hydrogen-bond acceptors (Lipinski definition) is 12. The third-order valence-corrected chi connectivity index (χ3v) is 26.8. The van der Waals surface area contributed by atoms with E-state index in [0.29, 0.717) is 85.1 Å². The van der Waals surface area contributed by atoms with Crippen LogP contribution < -0.4 is 0 Å². The predicted molar refractivity (Wildman–Crippen MR) is 420 cm³/mol. The number of halogens is 8. The van der Waals surface area contributed by atoms with Crippen LogP contribution in [-0.4, -0.2) is 113 Å². The fourth-order valence-electron chi connectivity index (χ4n) is 19.8. The monoisotopic (exact) mass is 1570 g/mol. The number of rotatable bonds is 15. The molecule has 5 aliphatic carbocycles. The lowest BCUT2D eigenvalue weighted by Gasteiger charge is -2.34. The van der Waals surface area contributed by atoms with Gasteiger partial charge >= 0.3 is 0 Å². The highest BCUT2D eigenvalue weighted by Crippen LogP contribution is 2.50. The van der Waals surface area contributed by atoms with Crippen LogP contribution in [0.25, 0.3) is 56.3 Å². The van der Waals surface area contributed by atoms with E-state index in [1.165, 1.54) is 117 Å². The minimum atomic E-state index is -2.58. The van der Waals surface area contributed by atoms with Gasteiger partial charge in [-0.15, -0.1) is 0 Å². The van der Waals surface area contributed by atoms with Crippen LogP contribution in [0, 0.1) is 35.0 Å². The molecule has 10 aliphatic rings. The number of aliphatic hydroxyl groups is 2. The largest absolute Gasteiger partial charge is 0.393 e. The molecule has 0 amide bonds. The fourth-order valence-corrected chi connectivity index (χ4v) is 20.1. The average molecular weight is 1570 g/mol. The van der Waals surface area contributed by atoms with Crippen molar-refractivity contribution in [3.8, 4) is 56.3 Å². The summed E-state index contributed by atoms with van der Waals surface area (Å²) in [6.45, 7) is 4.83. The highest BCUT2D eigenvalue weighted by atomic mass is 35.5. The van der Waals surface area contributed by atoms with Gasteiger partial charge in [-0.05, 0) is 198 Å². The molecule has 0 aromatic carbocycles. The molecule has 10 aromatic rings. The quantitative estimate of drug-likeness (QED) is 0.0730. The summed E-state index contributed by atoms with van der Waals surface area (Å²) in [4.78, 5) is 44.0. The van der Waals surface area contributed by atoms with Crippen molar-refractivity contribution < 1.29 is 36.6 Å². The van der Waals surface area contributed by atoms with E-state index in [1.807, 2.05) is 95.6 Å². The number of hydrogen-bond donors (Lipinski definition) is 2. The summed E-state index contributed by atoms with van der Waals surface area (Å²) in [5.41, 5.74) is 16.9. The number of pyridine rings is 5. The Balaban J connectivity index is 0.000000106. The van der Waals surface area contributed by atoms with Crippen molar-refractivity contribution >= 4 is 23.2 Å². The summed E-state index contributed by atoms with van der Waals surface area (Å²) in [6.07, 6.45) is 45.8. The van der Waals surface area contributed by atoms with Crippen LogP contribution in [0.4, 0.5) is 26.3 Å². The van der Waals surface area contributed by atoms with E-state index in [-0.39, 0.29) is 68.5 Å². The number of aromatic nitrogens is 15. The van der Waals surface area contributed by atoms with Crippen LogP contribution in [0.2, 0.25) is 10.3 Å². The van der Waals surface area contributed by atoms with E-state index < -0.39 is 30.0 Å². The van der Waals surface area contributed by atoms with Gasteiger partial charge in [0.25, 0.3) is 0 Å². The van der Waals surface area contributed by atoms with Crippen LogP contribution in [0.15, 0.2) is 142 Å². The predicted octanol–water partition coefficient (Wildman–Crippen LogP) is 21.7. The molecule has 20 rings (SSSR count). The molecule has 5 aliphatic heterocycles. The van der Waals surface area contributed by atoms with E-state index in [1.54, 1.807) is 37.2 Å². The molecule has 0 saturated heterocycles. The summed E-state index contributed by atoms with van der Waals surface area (Å²) < 4.78 is 90.6. The Bertz CT molecular complexity index is 4590. The highest BCUT2D eigenvalue weighted by Gasteiger charge is 2.44. The summed E-state index contributed by atoms with van der Waals surface area (Å²) in [6, 6.07) is 20.4. The van der Waals surface area contributed by atoms with Gasteiger partial charge in [-0.25, -0.2) is 61.2 Å². The first kappa shape index (κ1) is 77.8. The summed E-state index contributed by atoms with van der Waals surface area (Å²) in [5, 5.41) is 22.1. The van der Waals surface area contributed by atoms with Gasteiger partial charge in [0.15, 0.2) is 0 Å². The molecule has 0 spiro atoms. The van der Waals surface area contributed by atoms with Gasteiger partial charge < -0.3 is 33.0 Å².